The largest absolute Gasteiger partial charge is 0.310 e. The van der Waals surface area contributed by atoms with Crippen LogP contribution in [0.15, 0.2) is 255 Å². The Morgan fingerprint density at radius 2 is 0.746 bits per heavy atom. The van der Waals surface area contributed by atoms with E-state index in [1.54, 1.807) is 0 Å². The number of hydrogen-bond donors (Lipinski definition) is 0. The molecule has 0 saturated heterocycles. The molecule has 2 heteroatoms. The van der Waals surface area contributed by atoms with Crippen LogP contribution in [-0.2, 0) is 5.41 Å². The van der Waals surface area contributed by atoms with Crippen molar-refractivity contribution in [3.05, 3.63) is 277 Å². The first-order valence-corrected chi connectivity index (χ1v) is 21.8. The van der Waals surface area contributed by atoms with Gasteiger partial charge in [0.15, 0.2) is 0 Å². The second kappa shape index (κ2) is 15.1. The van der Waals surface area contributed by atoms with Crippen molar-refractivity contribution in [2.45, 2.75) is 5.41 Å². The number of nitrogens with zero attached hydrogens (tertiary/aromatic N) is 2. The lowest BCUT2D eigenvalue weighted by Gasteiger charge is -2.45. The first kappa shape index (κ1) is 36.6. The molecule has 0 N–H and O–H groups in total. The Labute approximate surface area is 369 Å². The van der Waals surface area contributed by atoms with Crippen molar-refractivity contribution >= 4 is 34.1 Å². The monoisotopic (exact) mass is 802 g/mol. The van der Waals surface area contributed by atoms with E-state index in [1.807, 2.05) is 0 Å². The van der Waals surface area contributed by atoms with Crippen LogP contribution in [0.1, 0.15) is 22.3 Å². The third-order valence-corrected chi connectivity index (χ3v) is 13.1. The van der Waals surface area contributed by atoms with Gasteiger partial charge in [0.25, 0.3) is 0 Å². The summed E-state index contributed by atoms with van der Waals surface area (Å²) in [5.74, 6) is 0. The lowest BCUT2D eigenvalue weighted by Crippen LogP contribution is -2.36. The highest BCUT2D eigenvalue weighted by Crippen LogP contribution is 2.64. The zero-order chi connectivity index (χ0) is 41.7. The second-order valence-electron chi connectivity index (χ2n) is 16.4. The maximum absolute atomic E-state index is 2.47. The second-order valence-corrected chi connectivity index (χ2v) is 16.4. The van der Waals surface area contributed by atoms with E-state index in [-0.39, 0.29) is 0 Å². The summed E-state index contributed by atoms with van der Waals surface area (Å²) in [6.45, 7) is 0. The highest BCUT2D eigenvalue weighted by molar-refractivity contribution is 5.98. The molecular formula is C61H42N2. The summed E-state index contributed by atoms with van der Waals surface area (Å²) in [5.41, 5.74) is 21.0. The number of anilines is 6. The molecule has 1 heterocycles. The van der Waals surface area contributed by atoms with Crippen molar-refractivity contribution in [1.29, 1.82) is 0 Å². The van der Waals surface area contributed by atoms with Gasteiger partial charge in [-0.1, -0.05) is 200 Å². The van der Waals surface area contributed by atoms with E-state index in [2.05, 4.69) is 265 Å². The first-order valence-electron chi connectivity index (χ1n) is 21.8. The van der Waals surface area contributed by atoms with Crippen LogP contribution in [-0.4, -0.2) is 0 Å². The Bertz CT molecular complexity index is 3220. The number of hydrogen-bond acceptors (Lipinski definition) is 2. The molecule has 2 aliphatic rings. The summed E-state index contributed by atoms with van der Waals surface area (Å²) < 4.78 is 0. The zero-order valence-corrected chi connectivity index (χ0v) is 34.6. The maximum Gasteiger partial charge on any atom is 0.0754 e. The number of para-hydroxylation sites is 3. The van der Waals surface area contributed by atoms with E-state index < -0.39 is 5.41 Å². The molecule has 1 spiro atoms. The topological polar surface area (TPSA) is 6.48 Å². The van der Waals surface area contributed by atoms with E-state index in [4.69, 9.17) is 0 Å². The van der Waals surface area contributed by atoms with Crippen molar-refractivity contribution in [3.8, 4) is 44.5 Å². The molecule has 63 heavy (non-hydrogen) atoms. The van der Waals surface area contributed by atoms with Crippen LogP contribution in [0.4, 0.5) is 34.1 Å². The summed E-state index contributed by atoms with van der Waals surface area (Å²) in [4.78, 5) is 4.91. The lowest BCUT2D eigenvalue weighted by atomic mass is 9.64. The van der Waals surface area contributed by atoms with E-state index >= 15 is 0 Å². The Morgan fingerprint density at radius 3 is 1.38 bits per heavy atom. The number of fused-ring (bicyclic) bond motifs is 9. The SMILES string of the molecule is c1ccc(-c2ccc(N(c3ccc4c(c3)-c3ccccc3C43c4ccccc4N(c4ccccc4)c4ccccc43)c3cc(-c4ccccc4)ccc3-c3ccccc3)cc2)cc1. The molecule has 0 fully saturated rings. The minimum Gasteiger partial charge on any atom is -0.310 e. The summed E-state index contributed by atoms with van der Waals surface area (Å²) in [5, 5.41) is 0. The molecule has 0 saturated carbocycles. The van der Waals surface area contributed by atoms with Gasteiger partial charge in [-0.2, -0.15) is 0 Å². The minimum atomic E-state index is -0.534. The third-order valence-electron chi connectivity index (χ3n) is 13.1. The standard InChI is InChI=1S/C61H42N2/c1-5-19-43(20-6-1)45-33-36-49(37-34-45)62(60-41-47(44-21-7-2-8-22-44)35-39-51(60)46-23-9-3-10-24-46)50-38-40-55-53(42-50)52-27-13-14-28-54(52)61(55)56-29-15-17-31-58(56)63(48-25-11-4-12-26-48)59-32-18-16-30-57(59)61/h1-42H. The van der Waals surface area contributed by atoms with Gasteiger partial charge in [0, 0.05) is 22.6 Å². The van der Waals surface area contributed by atoms with Gasteiger partial charge in [-0.15, -0.1) is 0 Å². The molecule has 0 atom stereocenters. The number of rotatable bonds is 7. The number of benzene rings is 10. The van der Waals surface area contributed by atoms with Gasteiger partial charge in [-0.3, -0.25) is 0 Å². The molecule has 10 aromatic rings. The van der Waals surface area contributed by atoms with Gasteiger partial charge < -0.3 is 9.80 Å². The van der Waals surface area contributed by atoms with Crippen LogP contribution in [0.5, 0.6) is 0 Å². The van der Waals surface area contributed by atoms with Crippen molar-refractivity contribution in [2.24, 2.45) is 0 Å². The van der Waals surface area contributed by atoms with E-state index in [0.717, 1.165) is 28.3 Å². The van der Waals surface area contributed by atoms with Crippen LogP contribution in [0.2, 0.25) is 0 Å². The molecule has 0 unspecified atom stereocenters. The predicted octanol–water partition coefficient (Wildman–Crippen LogP) is 16.3. The molecule has 10 aromatic carbocycles. The fourth-order valence-electron chi connectivity index (χ4n) is 10.3. The molecule has 2 nitrogen and oxygen atoms in total. The Morgan fingerprint density at radius 1 is 0.286 bits per heavy atom. The van der Waals surface area contributed by atoms with E-state index in [1.165, 1.54) is 72.6 Å². The average Bonchev–Trinajstić information content (AvgIpc) is 3.65. The highest BCUT2D eigenvalue weighted by atomic mass is 15.2. The molecular weight excluding hydrogens is 761 g/mol. The summed E-state index contributed by atoms with van der Waals surface area (Å²) in [6.07, 6.45) is 0. The summed E-state index contributed by atoms with van der Waals surface area (Å²) in [7, 11) is 0. The van der Waals surface area contributed by atoms with E-state index in [0.29, 0.717) is 0 Å². The summed E-state index contributed by atoms with van der Waals surface area (Å²) >= 11 is 0. The fraction of sp³-hybridized carbons (Fsp3) is 0.0164. The Kier molecular flexibility index (Phi) is 8.76. The summed E-state index contributed by atoms with van der Waals surface area (Å²) in [6, 6.07) is 93.3. The van der Waals surface area contributed by atoms with Crippen molar-refractivity contribution in [2.75, 3.05) is 9.80 Å². The van der Waals surface area contributed by atoms with Gasteiger partial charge in [0.05, 0.1) is 22.5 Å². The average molecular weight is 803 g/mol. The van der Waals surface area contributed by atoms with Crippen LogP contribution < -0.4 is 9.80 Å². The highest BCUT2D eigenvalue weighted by Gasteiger charge is 2.51. The van der Waals surface area contributed by atoms with Gasteiger partial charge >= 0.3 is 0 Å². The van der Waals surface area contributed by atoms with Crippen molar-refractivity contribution in [1.82, 2.24) is 0 Å². The van der Waals surface area contributed by atoms with Crippen LogP contribution >= 0.6 is 0 Å². The molecule has 0 aromatic heterocycles. The molecule has 1 aliphatic heterocycles. The molecule has 296 valence electrons. The lowest BCUT2D eigenvalue weighted by molar-refractivity contribution is 0.752. The van der Waals surface area contributed by atoms with Crippen molar-refractivity contribution < 1.29 is 0 Å². The quantitative estimate of drug-likeness (QED) is 0.158. The van der Waals surface area contributed by atoms with Crippen LogP contribution in [0, 0.1) is 0 Å². The van der Waals surface area contributed by atoms with Crippen LogP contribution in [0.3, 0.4) is 0 Å². The van der Waals surface area contributed by atoms with Gasteiger partial charge in [0.1, 0.15) is 0 Å². The first-order chi connectivity index (χ1) is 31.3. The molecule has 0 bridgehead atoms. The molecule has 0 amide bonds. The Balaban J connectivity index is 1.11. The smallest absolute Gasteiger partial charge is 0.0754 e. The Hall–Kier alpha value is -8.20. The third kappa shape index (κ3) is 5.87. The predicted molar refractivity (Wildman–Crippen MR) is 263 cm³/mol. The fourth-order valence-corrected chi connectivity index (χ4v) is 10.3. The maximum atomic E-state index is 2.47. The molecule has 0 radical (unpaired) electrons. The van der Waals surface area contributed by atoms with Gasteiger partial charge in [-0.25, -0.2) is 0 Å². The van der Waals surface area contributed by atoms with Gasteiger partial charge in [0.2, 0.25) is 0 Å². The normalized spacial score (nSPS) is 12.9. The van der Waals surface area contributed by atoms with Gasteiger partial charge in [-0.05, 0) is 116 Å². The van der Waals surface area contributed by atoms with Crippen LogP contribution in [0.25, 0.3) is 44.5 Å². The zero-order valence-electron chi connectivity index (χ0n) is 34.6. The minimum absolute atomic E-state index is 0.534. The molecule has 12 rings (SSSR count). The van der Waals surface area contributed by atoms with E-state index in [9.17, 15) is 0 Å². The van der Waals surface area contributed by atoms with Crippen molar-refractivity contribution in [3.63, 3.8) is 0 Å². The molecule has 1 aliphatic carbocycles.